The summed E-state index contributed by atoms with van der Waals surface area (Å²) in [6.07, 6.45) is -8.54. The number of hydrogen-bond donors (Lipinski definition) is 2. The Morgan fingerprint density at radius 3 is 2.04 bits per heavy atom. The van der Waals surface area contributed by atoms with Crippen molar-refractivity contribution >= 4 is 21.0 Å². The quantitative estimate of drug-likeness (QED) is 0.129. The zero-order valence-corrected chi connectivity index (χ0v) is 26.8. The normalized spacial score (nSPS) is 14.9. The van der Waals surface area contributed by atoms with Crippen molar-refractivity contribution in [2.24, 2.45) is 0 Å². The summed E-state index contributed by atoms with van der Waals surface area (Å²) in [5, 5.41) is 19.4. The Balaban J connectivity index is 1.52. The number of alkyl halides is 7. The molecule has 0 radical (unpaired) electrons. The number of aromatic hydroxyl groups is 1. The molecule has 0 saturated heterocycles. The number of sulfone groups is 1. The van der Waals surface area contributed by atoms with Crippen LogP contribution in [0, 0.1) is 5.82 Å². The molecule has 0 aliphatic heterocycles. The van der Waals surface area contributed by atoms with Crippen molar-refractivity contribution in [2.45, 2.75) is 82.2 Å². The average molecular weight is 700 g/mol. The van der Waals surface area contributed by atoms with Crippen LogP contribution in [-0.4, -0.2) is 79.3 Å². The maximum absolute atomic E-state index is 13.9. The van der Waals surface area contributed by atoms with Crippen LogP contribution in [0.3, 0.4) is 0 Å². The van der Waals surface area contributed by atoms with Crippen molar-refractivity contribution in [3.05, 3.63) is 65.0 Å². The van der Waals surface area contributed by atoms with E-state index < -0.39 is 45.8 Å². The van der Waals surface area contributed by atoms with E-state index in [1.807, 2.05) is 6.07 Å². The van der Waals surface area contributed by atoms with Crippen molar-refractivity contribution < 1.29 is 53.8 Å². The van der Waals surface area contributed by atoms with Crippen molar-refractivity contribution in [1.82, 2.24) is 4.90 Å². The molecule has 2 N–H and O–H groups in total. The number of rotatable bonds is 17. The number of phenolic OH excluding ortho intramolecular Hbond substituents is 1. The van der Waals surface area contributed by atoms with Gasteiger partial charge in [-0.1, -0.05) is 31.0 Å². The summed E-state index contributed by atoms with van der Waals surface area (Å²) in [5.74, 6) is -2.44. The molecular weight excluding hydrogens is 658 g/mol. The maximum atomic E-state index is 13.9. The second-order valence-corrected chi connectivity index (χ2v) is 14.2. The number of benzene rings is 2. The Kier molecular flexibility index (Phi) is 13.7. The summed E-state index contributed by atoms with van der Waals surface area (Å²) < 4.78 is 128. The third-order valence-electron chi connectivity index (χ3n) is 8.50. The number of aliphatic hydroxyl groups excluding tert-OH is 1. The molecule has 0 fully saturated rings. The summed E-state index contributed by atoms with van der Waals surface area (Å²) in [7, 11) is -4.41. The van der Waals surface area contributed by atoms with Crippen LogP contribution in [0.1, 0.15) is 74.5 Å². The fourth-order valence-corrected chi connectivity index (χ4v) is 7.29. The molecule has 264 valence electrons. The third kappa shape index (κ3) is 10.9. The van der Waals surface area contributed by atoms with Gasteiger partial charge in [0.05, 0.1) is 18.1 Å². The van der Waals surface area contributed by atoms with Crippen LogP contribution in [0.25, 0.3) is 11.1 Å². The summed E-state index contributed by atoms with van der Waals surface area (Å²) in [6, 6.07) is 11.8. The van der Waals surface area contributed by atoms with Crippen LogP contribution in [0.4, 0.5) is 35.1 Å². The molecule has 1 aliphatic rings. The zero-order valence-electron chi connectivity index (χ0n) is 25.9. The summed E-state index contributed by atoms with van der Waals surface area (Å²) in [6.45, 7) is 0.593. The molecule has 0 heterocycles. The predicted molar refractivity (Wildman–Crippen MR) is 165 cm³/mol. The molecule has 0 atom stereocenters. The molecule has 0 saturated carbocycles. The lowest BCUT2D eigenvalue weighted by Gasteiger charge is -2.29. The lowest BCUT2D eigenvalue weighted by atomic mass is 9.89. The van der Waals surface area contributed by atoms with Crippen LogP contribution in [-0.2, 0) is 16.3 Å². The Bertz CT molecular complexity index is 1430. The van der Waals surface area contributed by atoms with E-state index >= 15 is 0 Å². The van der Waals surface area contributed by atoms with Crippen LogP contribution in [0.2, 0.25) is 0 Å². The van der Waals surface area contributed by atoms with Crippen LogP contribution < -0.4 is 0 Å². The summed E-state index contributed by atoms with van der Waals surface area (Å²) in [4.78, 5) is 1.77. The van der Waals surface area contributed by atoms with Gasteiger partial charge in [0, 0.05) is 13.0 Å². The average Bonchev–Trinajstić information content (AvgIpc) is 3.15. The Morgan fingerprint density at radius 2 is 1.40 bits per heavy atom. The van der Waals surface area contributed by atoms with Crippen LogP contribution in [0.5, 0.6) is 5.75 Å². The molecule has 1 aliphatic carbocycles. The smallest absolute Gasteiger partial charge is 0.431 e. The van der Waals surface area contributed by atoms with Gasteiger partial charge in [-0.05, 0) is 110 Å². The van der Waals surface area contributed by atoms with Crippen molar-refractivity contribution in [3.63, 3.8) is 0 Å². The fourth-order valence-electron chi connectivity index (χ4n) is 5.92. The largest absolute Gasteiger partial charge is 0.508 e. The predicted octanol–water partition coefficient (Wildman–Crippen LogP) is 8.05. The van der Waals surface area contributed by atoms with E-state index in [0.29, 0.717) is 13.0 Å². The van der Waals surface area contributed by atoms with Gasteiger partial charge in [0.2, 0.25) is 0 Å². The lowest BCUT2D eigenvalue weighted by Crippen LogP contribution is -2.54. The standard InChI is InChI=1S/C33H41F8NO4S/c34-26-12-10-24(11-13-26)28-9-5-7-25-23-27(44)14-15-29(25)30(28)8-3-1-2-4-17-42(19-20-43)18-6-21-47(45,46)22-16-31(35,32(36,37)38)33(39,40)41/h10-15,23,43-44H,1-9,16-22H2. The Morgan fingerprint density at radius 1 is 0.766 bits per heavy atom. The number of fused-ring (bicyclic) bond motifs is 1. The molecule has 47 heavy (non-hydrogen) atoms. The first kappa shape index (κ1) is 38.7. The molecule has 2 aromatic rings. The number of phenols is 1. The van der Waals surface area contributed by atoms with E-state index in [0.717, 1.165) is 72.8 Å². The molecular formula is C33H41F8NO4S. The van der Waals surface area contributed by atoms with Gasteiger partial charge in [-0.15, -0.1) is 0 Å². The zero-order chi connectivity index (χ0) is 34.9. The van der Waals surface area contributed by atoms with Crippen molar-refractivity contribution in [3.8, 4) is 5.75 Å². The van der Waals surface area contributed by atoms with Gasteiger partial charge in [0.1, 0.15) is 21.4 Å². The minimum atomic E-state index is -6.30. The SMILES string of the molecule is O=S(=O)(CCCN(CCO)CCCCCCC1=C(c2ccc(F)cc2)CCCc2cc(O)ccc21)CCC(F)(C(F)(F)F)C(F)(F)F. The van der Waals surface area contributed by atoms with E-state index in [9.17, 15) is 53.8 Å². The van der Waals surface area contributed by atoms with Gasteiger partial charge in [0.25, 0.3) is 5.67 Å². The second kappa shape index (κ2) is 16.6. The Labute approximate surface area is 270 Å². The molecule has 3 rings (SSSR count). The molecule has 0 unspecified atom stereocenters. The van der Waals surface area contributed by atoms with Gasteiger partial charge >= 0.3 is 12.4 Å². The van der Waals surface area contributed by atoms with Gasteiger partial charge < -0.3 is 15.1 Å². The molecule has 0 amide bonds. The first-order valence-corrected chi connectivity index (χ1v) is 17.5. The molecule has 14 heteroatoms. The van der Waals surface area contributed by atoms with E-state index in [1.54, 1.807) is 29.2 Å². The van der Waals surface area contributed by atoms with E-state index in [4.69, 9.17) is 0 Å². The maximum Gasteiger partial charge on any atom is 0.431 e. The first-order chi connectivity index (χ1) is 22.0. The number of unbranched alkanes of at least 4 members (excludes halogenated alkanes) is 3. The highest BCUT2D eigenvalue weighted by Gasteiger charge is 2.72. The molecule has 2 aromatic carbocycles. The second-order valence-electron chi connectivity index (χ2n) is 11.9. The summed E-state index contributed by atoms with van der Waals surface area (Å²) >= 11 is 0. The number of aryl methyl sites for hydroxylation is 1. The van der Waals surface area contributed by atoms with E-state index in [2.05, 4.69) is 0 Å². The number of aliphatic hydroxyl groups is 1. The van der Waals surface area contributed by atoms with Gasteiger partial charge in [-0.2, -0.15) is 26.3 Å². The highest BCUT2D eigenvalue weighted by Crippen LogP contribution is 2.48. The minimum Gasteiger partial charge on any atom is -0.508 e. The number of hydrogen-bond acceptors (Lipinski definition) is 5. The van der Waals surface area contributed by atoms with E-state index in [-0.39, 0.29) is 37.7 Å². The van der Waals surface area contributed by atoms with Crippen molar-refractivity contribution in [1.29, 1.82) is 0 Å². The van der Waals surface area contributed by atoms with Crippen molar-refractivity contribution in [2.75, 3.05) is 37.7 Å². The molecule has 0 aromatic heterocycles. The summed E-state index contributed by atoms with van der Waals surface area (Å²) in [5.41, 5.74) is -0.234. The monoisotopic (exact) mass is 699 g/mol. The molecule has 0 spiro atoms. The molecule has 0 bridgehead atoms. The van der Waals surface area contributed by atoms with Gasteiger partial charge in [-0.25, -0.2) is 17.2 Å². The fraction of sp³-hybridized carbons (Fsp3) is 0.576. The third-order valence-corrected chi connectivity index (χ3v) is 10.2. The minimum absolute atomic E-state index is 0.102. The highest BCUT2D eigenvalue weighted by atomic mass is 32.2. The number of allylic oxidation sites excluding steroid dienone is 2. The first-order valence-electron chi connectivity index (χ1n) is 15.6. The van der Waals surface area contributed by atoms with E-state index in [1.165, 1.54) is 12.1 Å². The van der Waals surface area contributed by atoms with Crippen LogP contribution in [0.15, 0.2) is 42.5 Å². The topological polar surface area (TPSA) is 77.8 Å². The van der Waals surface area contributed by atoms with Crippen LogP contribution >= 0.6 is 0 Å². The highest BCUT2D eigenvalue weighted by molar-refractivity contribution is 7.91. The number of halogens is 8. The van der Waals surface area contributed by atoms with Gasteiger partial charge in [-0.3, -0.25) is 0 Å². The number of nitrogens with zero attached hydrogens (tertiary/aromatic N) is 1. The lowest BCUT2D eigenvalue weighted by molar-refractivity contribution is -0.341. The van der Waals surface area contributed by atoms with Gasteiger partial charge in [0.15, 0.2) is 0 Å². The Hall–Kier alpha value is -2.71. The molecule has 5 nitrogen and oxygen atoms in total.